The summed E-state index contributed by atoms with van der Waals surface area (Å²) in [4.78, 5) is 61.9. The van der Waals surface area contributed by atoms with E-state index in [0.717, 1.165) is 6.07 Å². The number of nitriles is 1. The summed E-state index contributed by atoms with van der Waals surface area (Å²) in [6.45, 7) is -1.53. The minimum atomic E-state index is -1.06. The van der Waals surface area contributed by atoms with Crippen LogP contribution in [0, 0.1) is 21.4 Å². The molecule has 12 heteroatoms. The molecular weight excluding hydrogens is 456 g/mol. The third kappa shape index (κ3) is 4.97. The molecule has 3 rings (SSSR count). The molecule has 0 bridgehead atoms. The summed E-state index contributed by atoms with van der Waals surface area (Å²) in [6.07, 6.45) is 0.0139. The number of esters is 1. The summed E-state index contributed by atoms with van der Waals surface area (Å²) in [5.41, 5.74) is -0.750. The van der Waals surface area contributed by atoms with Crippen LogP contribution < -0.4 is 4.90 Å². The van der Waals surface area contributed by atoms with Crippen LogP contribution in [0.25, 0.3) is 0 Å². The summed E-state index contributed by atoms with van der Waals surface area (Å²) in [7, 11) is 0. The van der Waals surface area contributed by atoms with Gasteiger partial charge in [0.05, 0.1) is 23.0 Å². The summed E-state index contributed by atoms with van der Waals surface area (Å²) in [6, 6.07) is 11.8. The third-order valence-corrected chi connectivity index (χ3v) is 4.92. The number of carbonyl (C=O) groups excluding carboxylic acids is 4. The maximum absolute atomic E-state index is 12.6. The van der Waals surface area contributed by atoms with E-state index in [-0.39, 0.29) is 18.5 Å². The fourth-order valence-corrected chi connectivity index (χ4v) is 3.39. The van der Waals surface area contributed by atoms with Gasteiger partial charge < -0.3 is 9.64 Å². The van der Waals surface area contributed by atoms with E-state index < -0.39 is 53.0 Å². The number of rotatable bonds is 8. The summed E-state index contributed by atoms with van der Waals surface area (Å²) >= 11 is 5.95. The molecule has 1 aliphatic rings. The van der Waals surface area contributed by atoms with Crippen molar-refractivity contribution in [3.8, 4) is 6.07 Å². The van der Waals surface area contributed by atoms with Crippen molar-refractivity contribution in [2.24, 2.45) is 0 Å². The van der Waals surface area contributed by atoms with Crippen molar-refractivity contribution in [1.29, 1.82) is 5.26 Å². The van der Waals surface area contributed by atoms with Gasteiger partial charge in [0.15, 0.2) is 6.61 Å². The molecule has 1 aliphatic heterocycles. The smallest absolute Gasteiger partial charge is 0.326 e. The van der Waals surface area contributed by atoms with Crippen molar-refractivity contribution in [2.75, 3.05) is 24.6 Å². The number of nitro benzene ring substituents is 1. The molecule has 0 aliphatic carbocycles. The maximum Gasteiger partial charge on any atom is 0.326 e. The molecule has 2 aromatic rings. The number of fused-ring (bicyclic) bond motifs is 1. The number of nitro groups is 1. The van der Waals surface area contributed by atoms with E-state index in [9.17, 15) is 29.3 Å². The second kappa shape index (κ2) is 9.88. The number of anilines is 1. The van der Waals surface area contributed by atoms with Gasteiger partial charge in [-0.1, -0.05) is 23.7 Å². The molecule has 0 fully saturated rings. The molecule has 0 radical (unpaired) electrons. The van der Waals surface area contributed by atoms with Gasteiger partial charge in [-0.25, -0.2) is 0 Å². The lowest BCUT2D eigenvalue weighted by Gasteiger charge is -2.22. The Labute approximate surface area is 191 Å². The van der Waals surface area contributed by atoms with Crippen molar-refractivity contribution in [2.45, 2.75) is 6.42 Å². The Morgan fingerprint density at radius 1 is 1.18 bits per heavy atom. The van der Waals surface area contributed by atoms with Crippen LogP contribution in [0.3, 0.4) is 0 Å². The average molecular weight is 471 g/mol. The molecular formula is C21H15ClN4O7. The number of amides is 3. The molecule has 0 spiro atoms. The Kier molecular flexibility index (Phi) is 7.00. The first-order valence-electron chi connectivity index (χ1n) is 9.46. The third-order valence-electron chi connectivity index (χ3n) is 4.69. The highest BCUT2D eigenvalue weighted by molar-refractivity contribution is 6.31. The Balaban J connectivity index is 1.67. The van der Waals surface area contributed by atoms with Gasteiger partial charge in [-0.05, 0) is 24.3 Å². The van der Waals surface area contributed by atoms with Crippen LogP contribution in [0.2, 0.25) is 5.02 Å². The van der Waals surface area contributed by atoms with Crippen LogP contribution in [0.4, 0.5) is 11.4 Å². The number of halogens is 1. The number of hydrogen-bond donors (Lipinski definition) is 0. The highest BCUT2D eigenvalue weighted by atomic mass is 35.5. The topological polar surface area (TPSA) is 151 Å². The quantitative estimate of drug-likeness (QED) is 0.247. The number of ether oxygens (including phenoxy) is 1. The number of benzene rings is 2. The number of nitrogens with zero attached hydrogens (tertiary/aromatic N) is 4. The lowest BCUT2D eigenvalue weighted by atomic mass is 10.1. The van der Waals surface area contributed by atoms with Gasteiger partial charge in [0.2, 0.25) is 0 Å². The minimum absolute atomic E-state index is 0.0139. The summed E-state index contributed by atoms with van der Waals surface area (Å²) in [5.74, 6) is -3.59. The first-order chi connectivity index (χ1) is 15.7. The first-order valence-corrected chi connectivity index (χ1v) is 9.84. The fourth-order valence-electron chi connectivity index (χ4n) is 3.21. The molecule has 168 valence electrons. The van der Waals surface area contributed by atoms with E-state index in [1.54, 1.807) is 18.2 Å². The van der Waals surface area contributed by atoms with Crippen LogP contribution in [-0.2, 0) is 14.3 Å². The predicted molar refractivity (Wildman–Crippen MR) is 113 cm³/mol. The largest absolute Gasteiger partial charge is 0.454 e. The van der Waals surface area contributed by atoms with E-state index in [0.29, 0.717) is 15.6 Å². The van der Waals surface area contributed by atoms with Crippen molar-refractivity contribution in [1.82, 2.24) is 4.90 Å². The van der Waals surface area contributed by atoms with E-state index in [1.165, 1.54) is 23.1 Å². The standard InChI is InChI=1S/C21H15ClN4O7/c22-13-4-1-5-14(10-13)24(9-3-8-23)17(27)12-33-18(28)11-25-20(29)15-6-2-7-16(26(31)32)19(15)21(25)30/h1-2,4-7,10H,3,9,11-12H2. The molecule has 0 atom stereocenters. The van der Waals surface area contributed by atoms with Crippen LogP contribution in [0.1, 0.15) is 27.1 Å². The molecule has 33 heavy (non-hydrogen) atoms. The normalized spacial score (nSPS) is 12.2. The van der Waals surface area contributed by atoms with Crippen LogP contribution >= 0.6 is 11.6 Å². The van der Waals surface area contributed by atoms with Crippen molar-refractivity contribution < 1.29 is 28.8 Å². The SMILES string of the molecule is N#CCCN(C(=O)COC(=O)CN1C(=O)c2cccc([N+](=O)[O-])c2C1=O)c1cccc(Cl)c1. The zero-order valence-corrected chi connectivity index (χ0v) is 17.7. The molecule has 11 nitrogen and oxygen atoms in total. The van der Waals surface area contributed by atoms with Crippen LogP contribution in [-0.4, -0.2) is 53.2 Å². The summed E-state index contributed by atoms with van der Waals surface area (Å²) < 4.78 is 4.93. The van der Waals surface area contributed by atoms with Crippen molar-refractivity contribution >= 4 is 46.7 Å². The second-order valence-corrected chi connectivity index (χ2v) is 7.18. The highest BCUT2D eigenvalue weighted by Gasteiger charge is 2.42. The molecule has 0 N–H and O–H groups in total. The second-order valence-electron chi connectivity index (χ2n) is 6.75. The lowest BCUT2D eigenvalue weighted by molar-refractivity contribution is -0.385. The van der Waals surface area contributed by atoms with Gasteiger partial charge in [0.1, 0.15) is 12.1 Å². The van der Waals surface area contributed by atoms with Gasteiger partial charge in [0.25, 0.3) is 23.4 Å². The molecule has 0 saturated carbocycles. The Hall–Kier alpha value is -4.30. The van der Waals surface area contributed by atoms with E-state index >= 15 is 0 Å². The Bertz CT molecular complexity index is 1210. The zero-order valence-electron chi connectivity index (χ0n) is 16.9. The number of imide groups is 1. The van der Waals surface area contributed by atoms with Gasteiger partial charge in [0, 0.05) is 23.3 Å². The highest BCUT2D eigenvalue weighted by Crippen LogP contribution is 2.30. The minimum Gasteiger partial charge on any atom is -0.454 e. The number of hydrogen-bond acceptors (Lipinski definition) is 8. The Morgan fingerprint density at radius 3 is 2.58 bits per heavy atom. The maximum atomic E-state index is 12.6. The first kappa shape index (κ1) is 23.4. The Morgan fingerprint density at radius 2 is 1.91 bits per heavy atom. The lowest BCUT2D eigenvalue weighted by Crippen LogP contribution is -2.39. The van der Waals surface area contributed by atoms with Gasteiger partial charge in [-0.2, -0.15) is 5.26 Å². The molecule has 3 amide bonds. The summed E-state index contributed by atoms with van der Waals surface area (Å²) in [5, 5.41) is 20.4. The number of carbonyl (C=O) groups is 4. The molecule has 1 heterocycles. The van der Waals surface area contributed by atoms with Crippen molar-refractivity contribution in [3.05, 3.63) is 68.7 Å². The molecule has 0 aromatic heterocycles. The predicted octanol–water partition coefficient (Wildman–Crippen LogP) is 2.33. The van der Waals surface area contributed by atoms with Gasteiger partial charge >= 0.3 is 5.97 Å². The molecule has 2 aromatic carbocycles. The monoisotopic (exact) mass is 470 g/mol. The molecule has 0 saturated heterocycles. The molecule has 0 unspecified atom stereocenters. The van der Waals surface area contributed by atoms with Crippen molar-refractivity contribution in [3.63, 3.8) is 0 Å². The van der Waals surface area contributed by atoms with Crippen LogP contribution in [0.5, 0.6) is 0 Å². The van der Waals surface area contributed by atoms with Crippen LogP contribution in [0.15, 0.2) is 42.5 Å². The van der Waals surface area contributed by atoms with Gasteiger partial charge in [-0.15, -0.1) is 0 Å². The average Bonchev–Trinajstić information content (AvgIpc) is 3.02. The van der Waals surface area contributed by atoms with E-state index in [1.807, 2.05) is 6.07 Å². The van der Waals surface area contributed by atoms with E-state index in [4.69, 9.17) is 21.6 Å². The van der Waals surface area contributed by atoms with E-state index in [2.05, 4.69) is 0 Å². The zero-order chi connectivity index (χ0) is 24.1. The fraction of sp³-hybridized carbons (Fsp3) is 0.190. The van der Waals surface area contributed by atoms with Gasteiger partial charge in [-0.3, -0.25) is 34.2 Å².